The van der Waals surface area contributed by atoms with Gasteiger partial charge in [0.15, 0.2) is 0 Å². The average Bonchev–Trinajstić information content (AvgIpc) is 2.69. The summed E-state index contributed by atoms with van der Waals surface area (Å²) in [6.45, 7) is 6.58. The topological polar surface area (TPSA) is 85.8 Å². The Balaban J connectivity index is 2.56. The zero-order valence-corrected chi connectivity index (χ0v) is 9.97. The summed E-state index contributed by atoms with van der Waals surface area (Å²) >= 11 is 0. The van der Waals surface area contributed by atoms with Crippen molar-refractivity contribution in [1.29, 1.82) is 0 Å². The van der Waals surface area contributed by atoms with Crippen molar-refractivity contribution in [2.24, 2.45) is 11.7 Å². The highest BCUT2D eigenvalue weighted by Crippen LogP contribution is 2.14. The maximum atomic E-state index is 11.7. The van der Waals surface area contributed by atoms with Gasteiger partial charge in [0.05, 0.1) is 5.54 Å². The monoisotopic (exact) mass is 225 g/mol. The molecule has 1 amide bonds. The lowest BCUT2D eigenvalue weighted by molar-refractivity contribution is -0.124. The summed E-state index contributed by atoms with van der Waals surface area (Å²) in [6, 6.07) is 0. The van der Waals surface area contributed by atoms with Gasteiger partial charge < -0.3 is 11.1 Å². The molecule has 0 aliphatic carbocycles. The van der Waals surface area contributed by atoms with E-state index < -0.39 is 0 Å². The van der Waals surface area contributed by atoms with Gasteiger partial charge in [0.2, 0.25) is 5.91 Å². The Bertz CT molecular complexity index is 335. The summed E-state index contributed by atoms with van der Waals surface area (Å²) in [4.78, 5) is 15.5. The second kappa shape index (κ2) is 5.07. The van der Waals surface area contributed by atoms with Gasteiger partial charge in [-0.3, -0.25) is 4.79 Å². The Hall–Kier alpha value is -1.43. The molecule has 1 rings (SSSR count). The Labute approximate surface area is 95.2 Å². The zero-order valence-electron chi connectivity index (χ0n) is 9.97. The standard InChI is InChI=1S/C10H19N5O/c1-8(2)10(3,5-11)14-9(16)4-15-7-12-6-13-15/h6-8H,4-5,11H2,1-3H3,(H,14,16). The van der Waals surface area contributed by atoms with Gasteiger partial charge in [-0.2, -0.15) is 5.10 Å². The number of hydrogen-bond donors (Lipinski definition) is 2. The molecule has 0 radical (unpaired) electrons. The van der Waals surface area contributed by atoms with Crippen molar-refractivity contribution in [1.82, 2.24) is 20.1 Å². The Morgan fingerprint density at radius 2 is 2.31 bits per heavy atom. The van der Waals surface area contributed by atoms with Gasteiger partial charge in [-0.1, -0.05) is 13.8 Å². The highest BCUT2D eigenvalue weighted by Gasteiger charge is 2.28. The van der Waals surface area contributed by atoms with E-state index in [1.54, 1.807) is 0 Å². The molecule has 0 spiro atoms. The van der Waals surface area contributed by atoms with Crippen molar-refractivity contribution in [3.63, 3.8) is 0 Å². The quantitative estimate of drug-likeness (QED) is 0.724. The van der Waals surface area contributed by atoms with E-state index >= 15 is 0 Å². The predicted octanol–water partition coefficient (Wildman–Crippen LogP) is -0.232. The lowest BCUT2D eigenvalue weighted by atomic mass is 9.88. The van der Waals surface area contributed by atoms with E-state index in [0.29, 0.717) is 6.54 Å². The third-order valence-electron chi connectivity index (χ3n) is 2.90. The number of nitrogens with zero attached hydrogens (tertiary/aromatic N) is 3. The number of rotatable bonds is 5. The fraction of sp³-hybridized carbons (Fsp3) is 0.700. The smallest absolute Gasteiger partial charge is 0.242 e. The molecule has 1 aromatic heterocycles. The lowest BCUT2D eigenvalue weighted by Crippen LogP contribution is -2.55. The van der Waals surface area contributed by atoms with Crippen molar-refractivity contribution >= 4 is 5.91 Å². The molecule has 0 saturated heterocycles. The number of amides is 1. The van der Waals surface area contributed by atoms with Crippen LogP contribution in [0.3, 0.4) is 0 Å². The first-order valence-corrected chi connectivity index (χ1v) is 5.31. The maximum absolute atomic E-state index is 11.7. The third kappa shape index (κ3) is 3.03. The molecule has 1 aromatic rings. The molecule has 0 saturated carbocycles. The first-order chi connectivity index (χ1) is 7.48. The number of nitrogens with one attached hydrogen (secondary N) is 1. The van der Waals surface area contributed by atoms with Gasteiger partial charge in [-0.15, -0.1) is 0 Å². The molecule has 1 heterocycles. The average molecular weight is 225 g/mol. The fourth-order valence-corrected chi connectivity index (χ4v) is 1.25. The second-order valence-corrected chi connectivity index (χ2v) is 4.42. The van der Waals surface area contributed by atoms with Crippen LogP contribution in [0.2, 0.25) is 0 Å². The van der Waals surface area contributed by atoms with Crippen LogP contribution in [0.15, 0.2) is 12.7 Å². The van der Waals surface area contributed by atoms with E-state index in [1.165, 1.54) is 17.3 Å². The van der Waals surface area contributed by atoms with Crippen molar-refractivity contribution < 1.29 is 4.79 Å². The van der Waals surface area contributed by atoms with E-state index in [4.69, 9.17) is 5.73 Å². The molecule has 0 aliphatic heterocycles. The van der Waals surface area contributed by atoms with Crippen LogP contribution >= 0.6 is 0 Å². The first-order valence-electron chi connectivity index (χ1n) is 5.31. The molecule has 0 fully saturated rings. The summed E-state index contributed by atoms with van der Waals surface area (Å²) in [7, 11) is 0. The molecule has 16 heavy (non-hydrogen) atoms. The zero-order chi connectivity index (χ0) is 12.2. The fourth-order valence-electron chi connectivity index (χ4n) is 1.25. The minimum Gasteiger partial charge on any atom is -0.348 e. The maximum Gasteiger partial charge on any atom is 0.242 e. The van der Waals surface area contributed by atoms with Crippen LogP contribution in [0.25, 0.3) is 0 Å². The van der Waals surface area contributed by atoms with E-state index in [2.05, 4.69) is 15.4 Å². The van der Waals surface area contributed by atoms with Crippen molar-refractivity contribution in [3.8, 4) is 0 Å². The van der Waals surface area contributed by atoms with Gasteiger partial charge in [0, 0.05) is 6.54 Å². The van der Waals surface area contributed by atoms with E-state index in [1.807, 2.05) is 20.8 Å². The SMILES string of the molecule is CC(C)C(C)(CN)NC(=O)Cn1cncn1. The molecule has 0 aliphatic rings. The molecule has 1 unspecified atom stereocenters. The molecule has 6 nitrogen and oxygen atoms in total. The van der Waals surface area contributed by atoms with Crippen molar-refractivity contribution in [2.45, 2.75) is 32.9 Å². The molecular weight excluding hydrogens is 206 g/mol. The number of carbonyl (C=O) groups excluding carboxylic acids is 1. The van der Waals surface area contributed by atoms with Gasteiger partial charge in [0.25, 0.3) is 0 Å². The van der Waals surface area contributed by atoms with Crippen molar-refractivity contribution in [3.05, 3.63) is 12.7 Å². The second-order valence-electron chi connectivity index (χ2n) is 4.42. The molecular formula is C10H19N5O. The Kier molecular flexibility index (Phi) is 4.00. The van der Waals surface area contributed by atoms with E-state index in [9.17, 15) is 4.79 Å². The predicted molar refractivity (Wildman–Crippen MR) is 60.5 cm³/mol. The normalized spacial score (nSPS) is 14.8. The molecule has 90 valence electrons. The number of hydrogen-bond acceptors (Lipinski definition) is 4. The number of aromatic nitrogens is 3. The molecule has 0 bridgehead atoms. The van der Waals surface area contributed by atoms with Crippen LogP contribution in [0, 0.1) is 5.92 Å². The van der Waals surface area contributed by atoms with Crippen LogP contribution in [0.5, 0.6) is 0 Å². The van der Waals surface area contributed by atoms with Gasteiger partial charge in [-0.25, -0.2) is 9.67 Å². The van der Waals surface area contributed by atoms with Crippen LogP contribution in [-0.4, -0.2) is 32.8 Å². The Morgan fingerprint density at radius 1 is 1.62 bits per heavy atom. The largest absolute Gasteiger partial charge is 0.348 e. The molecule has 1 atom stereocenters. The van der Waals surface area contributed by atoms with E-state index in [-0.39, 0.29) is 23.9 Å². The van der Waals surface area contributed by atoms with Crippen LogP contribution < -0.4 is 11.1 Å². The van der Waals surface area contributed by atoms with Crippen LogP contribution in [0.1, 0.15) is 20.8 Å². The number of carbonyl (C=O) groups is 1. The molecule has 3 N–H and O–H groups in total. The molecule has 0 aromatic carbocycles. The minimum atomic E-state index is -0.377. The number of nitrogens with two attached hydrogens (primary N) is 1. The van der Waals surface area contributed by atoms with Crippen LogP contribution in [-0.2, 0) is 11.3 Å². The first kappa shape index (κ1) is 12.6. The highest BCUT2D eigenvalue weighted by molar-refractivity contribution is 5.76. The van der Waals surface area contributed by atoms with Gasteiger partial charge >= 0.3 is 0 Å². The summed E-state index contributed by atoms with van der Waals surface area (Å²) in [5.41, 5.74) is 5.30. The summed E-state index contributed by atoms with van der Waals surface area (Å²) in [6.07, 6.45) is 2.91. The van der Waals surface area contributed by atoms with Gasteiger partial charge in [-0.05, 0) is 12.8 Å². The van der Waals surface area contributed by atoms with Crippen LogP contribution in [0.4, 0.5) is 0 Å². The van der Waals surface area contributed by atoms with E-state index in [0.717, 1.165) is 0 Å². The lowest BCUT2D eigenvalue weighted by Gasteiger charge is -2.33. The summed E-state index contributed by atoms with van der Waals surface area (Å²) in [5, 5.41) is 6.80. The summed E-state index contributed by atoms with van der Waals surface area (Å²) < 4.78 is 1.48. The van der Waals surface area contributed by atoms with Gasteiger partial charge in [0.1, 0.15) is 19.2 Å². The summed E-state index contributed by atoms with van der Waals surface area (Å²) in [5.74, 6) is 0.171. The van der Waals surface area contributed by atoms with Crippen molar-refractivity contribution in [2.75, 3.05) is 6.54 Å². The Morgan fingerprint density at radius 3 is 2.75 bits per heavy atom. The highest BCUT2D eigenvalue weighted by atomic mass is 16.2. The minimum absolute atomic E-state index is 0.104. The molecule has 6 heteroatoms. The third-order valence-corrected chi connectivity index (χ3v) is 2.90.